The summed E-state index contributed by atoms with van der Waals surface area (Å²) in [7, 11) is 0. The van der Waals surface area contributed by atoms with Gasteiger partial charge in [0.05, 0.1) is 44.2 Å². The Labute approximate surface area is 163 Å². The van der Waals surface area contributed by atoms with Gasteiger partial charge in [-0.3, -0.25) is 0 Å². The maximum Gasteiger partial charge on any atom is 0.338 e. The lowest BCUT2D eigenvalue weighted by Crippen LogP contribution is -2.20. The Balaban J connectivity index is 1.92. The zero-order valence-electron chi connectivity index (χ0n) is 16.8. The van der Waals surface area contributed by atoms with E-state index in [1.54, 1.807) is 0 Å². The summed E-state index contributed by atoms with van der Waals surface area (Å²) < 4.78 is 15.8. The maximum absolute atomic E-state index is 11.4. The van der Waals surface area contributed by atoms with Crippen molar-refractivity contribution in [2.75, 3.05) is 26.4 Å². The van der Waals surface area contributed by atoms with E-state index in [1.165, 1.54) is 0 Å². The minimum Gasteiger partial charge on any atom is -0.455 e. The number of aliphatic hydroxyl groups is 2. The Hall–Kier alpha value is -1.21. The fraction of sp³-hybridized carbons (Fsp3) is 0.762. The summed E-state index contributed by atoms with van der Waals surface area (Å²) in [6.45, 7) is 5.42. The minimum atomic E-state index is -0.475. The zero-order valence-corrected chi connectivity index (χ0v) is 16.8. The molecule has 0 radical (unpaired) electrons. The lowest BCUT2D eigenvalue weighted by atomic mass is 10.1. The third-order valence-electron chi connectivity index (χ3n) is 4.28. The van der Waals surface area contributed by atoms with Gasteiger partial charge in [0.2, 0.25) is 0 Å². The number of carbonyl (C=O) groups excluding carboxylic acids is 1. The summed E-state index contributed by atoms with van der Waals surface area (Å²) in [5.41, 5.74) is 0.621. The van der Waals surface area contributed by atoms with Gasteiger partial charge in [-0.1, -0.05) is 38.3 Å². The van der Waals surface area contributed by atoms with Crippen molar-refractivity contribution in [1.82, 2.24) is 0 Å². The van der Waals surface area contributed by atoms with Crippen LogP contribution >= 0.6 is 0 Å². The van der Waals surface area contributed by atoms with Crippen molar-refractivity contribution < 1.29 is 29.2 Å². The third-order valence-corrected chi connectivity index (χ3v) is 4.28. The van der Waals surface area contributed by atoms with Crippen LogP contribution in [0.25, 0.3) is 0 Å². The second kappa shape index (κ2) is 14.8. The maximum atomic E-state index is 11.4. The summed E-state index contributed by atoms with van der Waals surface area (Å²) in [4.78, 5) is 11.4. The van der Waals surface area contributed by atoms with Crippen molar-refractivity contribution in [1.29, 1.82) is 0 Å². The number of hydrogen-bond donors (Lipinski definition) is 2. The van der Waals surface area contributed by atoms with Crippen LogP contribution in [0.4, 0.5) is 0 Å². The molecule has 2 N–H and O–H groups in total. The van der Waals surface area contributed by atoms with E-state index in [1.807, 2.05) is 25.2 Å². The van der Waals surface area contributed by atoms with E-state index in [0.717, 1.165) is 38.5 Å². The fourth-order valence-corrected chi connectivity index (χ4v) is 2.73. The van der Waals surface area contributed by atoms with Crippen LogP contribution in [-0.4, -0.2) is 60.9 Å². The lowest BCUT2D eigenvalue weighted by molar-refractivity contribution is -0.138. The number of rotatable bonds is 16. The predicted molar refractivity (Wildman–Crippen MR) is 104 cm³/mol. The Morgan fingerprint density at radius 2 is 1.74 bits per heavy atom. The van der Waals surface area contributed by atoms with Gasteiger partial charge in [-0.2, -0.15) is 0 Å². The molecule has 0 bridgehead atoms. The number of hydrogen-bond acceptors (Lipinski definition) is 6. The largest absolute Gasteiger partial charge is 0.455 e. The molecule has 0 aromatic carbocycles. The second-order valence-corrected chi connectivity index (χ2v) is 7.02. The zero-order chi connectivity index (χ0) is 19.9. The SMILES string of the molecule is CCCCC(O)COCCOCC(O)CCCCC=CC1=C[C@H](C)OC1=O. The molecule has 27 heavy (non-hydrogen) atoms. The average molecular weight is 385 g/mol. The van der Waals surface area contributed by atoms with Gasteiger partial charge < -0.3 is 24.4 Å². The number of allylic oxidation sites excluding steroid dienone is 1. The monoisotopic (exact) mass is 384 g/mol. The van der Waals surface area contributed by atoms with Gasteiger partial charge in [0.15, 0.2) is 0 Å². The Bertz CT molecular complexity index is 460. The van der Waals surface area contributed by atoms with E-state index in [-0.39, 0.29) is 12.1 Å². The molecule has 156 valence electrons. The quantitative estimate of drug-likeness (QED) is 0.314. The van der Waals surface area contributed by atoms with E-state index in [2.05, 4.69) is 6.92 Å². The highest BCUT2D eigenvalue weighted by molar-refractivity contribution is 5.93. The number of aliphatic hydroxyl groups excluding tert-OH is 2. The molecule has 0 saturated heterocycles. The van der Waals surface area contributed by atoms with Crippen LogP contribution in [0.2, 0.25) is 0 Å². The summed E-state index contributed by atoms with van der Waals surface area (Å²) in [6, 6.07) is 0. The highest BCUT2D eigenvalue weighted by atomic mass is 16.5. The van der Waals surface area contributed by atoms with Crippen molar-refractivity contribution in [3.63, 3.8) is 0 Å². The van der Waals surface area contributed by atoms with Crippen LogP contribution in [0.5, 0.6) is 0 Å². The van der Waals surface area contributed by atoms with E-state index >= 15 is 0 Å². The fourth-order valence-electron chi connectivity index (χ4n) is 2.73. The number of unbranched alkanes of at least 4 members (excludes halogenated alkanes) is 3. The highest BCUT2D eigenvalue weighted by Gasteiger charge is 2.19. The summed E-state index contributed by atoms with van der Waals surface area (Å²) in [6.07, 6.45) is 10.8. The van der Waals surface area contributed by atoms with E-state index in [4.69, 9.17) is 14.2 Å². The topological polar surface area (TPSA) is 85.2 Å². The molecule has 6 heteroatoms. The number of carbonyl (C=O) groups is 1. The lowest BCUT2D eigenvalue weighted by Gasteiger charge is -2.12. The molecule has 0 amide bonds. The number of esters is 1. The van der Waals surface area contributed by atoms with Crippen LogP contribution in [0.1, 0.15) is 58.8 Å². The van der Waals surface area contributed by atoms with Crippen LogP contribution in [-0.2, 0) is 19.0 Å². The molecule has 0 aliphatic carbocycles. The summed E-state index contributed by atoms with van der Waals surface area (Å²) >= 11 is 0. The predicted octanol–water partition coefficient (Wildman–Crippen LogP) is 2.92. The van der Waals surface area contributed by atoms with Crippen LogP contribution in [0.3, 0.4) is 0 Å². The van der Waals surface area contributed by atoms with Gasteiger partial charge in [0.1, 0.15) is 6.10 Å². The average Bonchev–Trinajstić information content (AvgIpc) is 2.96. The Morgan fingerprint density at radius 3 is 2.30 bits per heavy atom. The summed E-state index contributed by atoms with van der Waals surface area (Å²) in [5, 5.41) is 19.5. The smallest absolute Gasteiger partial charge is 0.338 e. The van der Waals surface area contributed by atoms with Crippen molar-refractivity contribution >= 4 is 5.97 Å². The molecule has 3 atom stereocenters. The molecule has 1 aliphatic rings. The van der Waals surface area contributed by atoms with Gasteiger partial charge in [-0.15, -0.1) is 0 Å². The van der Waals surface area contributed by atoms with Crippen LogP contribution < -0.4 is 0 Å². The number of ether oxygens (including phenoxy) is 3. The molecular formula is C21H36O6. The molecule has 0 saturated carbocycles. The first-order chi connectivity index (χ1) is 13.0. The van der Waals surface area contributed by atoms with Crippen molar-refractivity contribution in [2.45, 2.75) is 77.1 Å². The molecule has 0 fully saturated rings. The molecular weight excluding hydrogens is 348 g/mol. The minimum absolute atomic E-state index is 0.135. The summed E-state index contributed by atoms with van der Waals surface area (Å²) in [5.74, 6) is -0.259. The molecule has 0 aromatic rings. The van der Waals surface area contributed by atoms with Gasteiger partial charge in [0, 0.05) is 0 Å². The van der Waals surface area contributed by atoms with Crippen molar-refractivity contribution in [2.24, 2.45) is 0 Å². The van der Waals surface area contributed by atoms with E-state index in [0.29, 0.717) is 38.4 Å². The third kappa shape index (κ3) is 12.0. The molecule has 6 nitrogen and oxygen atoms in total. The number of cyclic esters (lactones) is 1. The van der Waals surface area contributed by atoms with Crippen molar-refractivity contribution in [3.05, 3.63) is 23.8 Å². The van der Waals surface area contributed by atoms with Gasteiger partial charge in [-0.05, 0) is 38.7 Å². The first kappa shape index (κ1) is 23.8. The second-order valence-electron chi connectivity index (χ2n) is 7.02. The van der Waals surface area contributed by atoms with Crippen molar-refractivity contribution in [3.8, 4) is 0 Å². The molecule has 2 unspecified atom stereocenters. The van der Waals surface area contributed by atoms with E-state index in [9.17, 15) is 15.0 Å². The molecule has 1 aliphatic heterocycles. The first-order valence-corrected chi connectivity index (χ1v) is 10.1. The van der Waals surface area contributed by atoms with E-state index < -0.39 is 12.2 Å². The van der Waals surface area contributed by atoms with Gasteiger partial charge in [0.25, 0.3) is 0 Å². The van der Waals surface area contributed by atoms with Crippen LogP contribution in [0.15, 0.2) is 23.8 Å². The molecule has 0 spiro atoms. The van der Waals surface area contributed by atoms with Crippen LogP contribution in [0, 0.1) is 0 Å². The van der Waals surface area contributed by atoms with Gasteiger partial charge in [-0.25, -0.2) is 4.79 Å². The van der Waals surface area contributed by atoms with Gasteiger partial charge >= 0.3 is 5.97 Å². The molecule has 1 heterocycles. The first-order valence-electron chi connectivity index (χ1n) is 10.1. The Kier molecular flexibility index (Phi) is 13.1. The normalized spacial score (nSPS) is 19.3. The molecule has 0 aromatic heterocycles. The highest BCUT2D eigenvalue weighted by Crippen LogP contribution is 2.15. The Morgan fingerprint density at radius 1 is 1.11 bits per heavy atom. The molecule has 1 rings (SSSR count). The standard InChI is InChI=1S/C21H36O6/c1-3-4-10-19(22)15-25-12-13-26-16-20(23)11-8-6-5-7-9-18-14-17(2)27-21(18)24/h7,9,14,17,19-20,22-23H,3-6,8,10-13,15-16H2,1-2H3/t17-,19?,20?/m0/s1.